The van der Waals surface area contributed by atoms with Gasteiger partial charge in [-0.15, -0.1) is 0 Å². The van der Waals surface area contributed by atoms with Crippen molar-refractivity contribution in [3.63, 3.8) is 0 Å². The van der Waals surface area contributed by atoms with E-state index in [0.29, 0.717) is 25.6 Å². The molecule has 0 spiro atoms. The first-order chi connectivity index (χ1) is 12.1. The summed E-state index contributed by atoms with van der Waals surface area (Å²) < 4.78 is 0. The zero-order valence-corrected chi connectivity index (χ0v) is 15.3. The molecule has 3 atom stereocenters. The summed E-state index contributed by atoms with van der Waals surface area (Å²) in [5, 5.41) is 6.47. The Hall–Kier alpha value is -1.88. The molecule has 0 saturated carbocycles. The van der Waals surface area contributed by atoms with Crippen LogP contribution in [0.3, 0.4) is 0 Å². The van der Waals surface area contributed by atoms with E-state index in [1.54, 1.807) is 4.90 Å². The minimum absolute atomic E-state index is 0.0279. The van der Waals surface area contributed by atoms with Crippen LogP contribution in [0.2, 0.25) is 0 Å². The summed E-state index contributed by atoms with van der Waals surface area (Å²) in [6, 6.07) is 8.08. The Balaban J connectivity index is 1.75. The van der Waals surface area contributed by atoms with Gasteiger partial charge in [-0.3, -0.25) is 9.59 Å². The molecule has 5 heteroatoms. The molecule has 2 N–H and O–H groups in total. The quantitative estimate of drug-likeness (QED) is 0.858. The van der Waals surface area contributed by atoms with Crippen LogP contribution in [0.4, 0.5) is 0 Å². The fourth-order valence-corrected chi connectivity index (χ4v) is 3.72. The zero-order chi connectivity index (χ0) is 17.8. The minimum atomic E-state index is -0.405. The molecule has 25 heavy (non-hydrogen) atoms. The largest absolute Gasteiger partial charge is 0.353 e. The number of carbonyl (C=O) groups excluding carboxylic acids is 2. The van der Waals surface area contributed by atoms with Crippen molar-refractivity contribution in [2.24, 2.45) is 5.92 Å². The molecule has 1 fully saturated rings. The molecule has 1 saturated heterocycles. The van der Waals surface area contributed by atoms with Crippen LogP contribution in [0.15, 0.2) is 24.3 Å². The van der Waals surface area contributed by atoms with Gasteiger partial charge in [0.15, 0.2) is 0 Å². The smallest absolute Gasteiger partial charge is 0.243 e. The maximum absolute atomic E-state index is 12.9. The molecular formula is C20H29N3O2. The van der Waals surface area contributed by atoms with Crippen LogP contribution in [-0.4, -0.2) is 41.9 Å². The SMILES string of the molecule is CCC(C)C(=O)N1Cc2ccccc2CC1C(=O)NCC1CCCN1. The van der Waals surface area contributed by atoms with Crippen LogP contribution in [0.5, 0.6) is 0 Å². The van der Waals surface area contributed by atoms with Gasteiger partial charge < -0.3 is 15.5 Å². The summed E-state index contributed by atoms with van der Waals surface area (Å²) in [4.78, 5) is 27.5. The van der Waals surface area contributed by atoms with Crippen LogP contribution >= 0.6 is 0 Å². The Kier molecular flexibility index (Phi) is 5.74. The molecule has 0 aromatic heterocycles. The third kappa shape index (κ3) is 4.03. The number of hydrogen-bond acceptors (Lipinski definition) is 3. The molecule has 2 amide bonds. The summed E-state index contributed by atoms with van der Waals surface area (Å²) in [5.41, 5.74) is 2.33. The van der Waals surface area contributed by atoms with Gasteiger partial charge in [-0.05, 0) is 36.9 Å². The molecular weight excluding hydrogens is 314 g/mol. The van der Waals surface area contributed by atoms with Crippen molar-refractivity contribution in [1.29, 1.82) is 0 Å². The van der Waals surface area contributed by atoms with E-state index in [1.807, 2.05) is 26.0 Å². The van der Waals surface area contributed by atoms with Crippen molar-refractivity contribution in [3.8, 4) is 0 Å². The average Bonchev–Trinajstić information content (AvgIpc) is 3.17. The Morgan fingerprint density at radius 2 is 2.08 bits per heavy atom. The van der Waals surface area contributed by atoms with E-state index in [9.17, 15) is 9.59 Å². The van der Waals surface area contributed by atoms with Gasteiger partial charge in [-0.25, -0.2) is 0 Å². The van der Waals surface area contributed by atoms with E-state index >= 15 is 0 Å². The van der Waals surface area contributed by atoms with Gasteiger partial charge in [0, 0.05) is 31.5 Å². The predicted molar refractivity (Wildman–Crippen MR) is 98.0 cm³/mol. The molecule has 2 heterocycles. The molecule has 0 bridgehead atoms. The fourth-order valence-electron chi connectivity index (χ4n) is 3.72. The number of nitrogens with one attached hydrogen (secondary N) is 2. The Morgan fingerprint density at radius 3 is 2.76 bits per heavy atom. The third-order valence-electron chi connectivity index (χ3n) is 5.55. The number of hydrogen-bond donors (Lipinski definition) is 2. The number of carbonyl (C=O) groups is 2. The van der Waals surface area contributed by atoms with E-state index < -0.39 is 6.04 Å². The fraction of sp³-hybridized carbons (Fsp3) is 0.600. The van der Waals surface area contributed by atoms with Crippen molar-refractivity contribution in [3.05, 3.63) is 35.4 Å². The topological polar surface area (TPSA) is 61.4 Å². The maximum Gasteiger partial charge on any atom is 0.243 e. The third-order valence-corrected chi connectivity index (χ3v) is 5.55. The lowest BCUT2D eigenvalue weighted by Crippen LogP contribution is -2.54. The monoisotopic (exact) mass is 343 g/mol. The first kappa shape index (κ1) is 17.9. The second-order valence-corrected chi connectivity index (χ2v) is 7.30. The van der Waals surface area contributed by atoms with Crippen LogP contribution in [0, 0.1) is 5.92 Å². The lowest BCUT2D eigenvalue weighted by Gasteiger charge is -2.37. The molecule has 0 aliphatic carbocycles. The number of nitrogens with zero attached hydrogens (tertiary/aromatic N) is 1. The Labute approximate surface area is 150 Å². The van der Waals surface area contributed by atoms with Crippen molar-refractivity contribution in [2.45, 2.75) is 58.2 Å². The van der Waals surface area contributed by atoms with E-state index in [-0.39, 0.29) is 17.7 Å². The molecule has 1 aromatic carbocycles. The van der Waals surface area contributed by atoms with E-state index in [4.69, 9.17) is 0 Å². The van der Waals surface area contributed by atoms with Gasteiger partial charge >= 0.3 is 0 Å². The highest BCUT2D eigenvalue weighted by molar-refractivity contribution is 5.89. The molecule has 1 aromatic rings. The van der Waals surface area contributed by atoms with Gasteiger partial charge in [0.1, 0.15) is 6.04 Å². The lowest BCUT2D eigenvalue weighted by molar-refractivity contribution is -0.144. The van der Waals surface area contributed by atoms with Crippen LogP contribution in [-0.2, 0) is 22.6 Å². The maximum atomic E-state index is 12.9. The first-order valence-electron chi connectivity index (χ1n) is 9.48. The van der Waals surface area contributed by atoms with Gasteiger partial charge in [0.05, 0.1) is 0 Å². The summed E-state index contributed by atoms with van der Waals surface area (Å²) in [6.07, 6.45) is 3.65. The van der Waals surface area contributed by atoms with Gasteiger partial charge in [0.2, 0.25) is 11.8 Å². The highest BCUT2D eigenvalue weighted by atomic mass is 16.2. The zero-order valence-electron chi connectivity index (χ0n) is 15.3. The number of rotatable bonds is 5. The standard InChI is InChI=1S/C20H29N3O2/c1-3-14(2)20(25)23-13-16-8-5-4-7-15(16)11-18(23)19(24)22-12-17-9-6-10-21-17/h4-5,7-8,14,17-18,21H,3,6,9-13H2,1-2H3,(H,22,24). The number of fused-ring (bicyclic) bond motifs is 1. The van der Waals surface area contributed by atoms with Crippen molar-refractivity contribution in [2.75, 3.05) is 13.1 Å². The molecule has 2 aliphatic heterocycles. The van der Waals surface area contributed by atoms with Crippen molar-refractivity contribution < 1.29 is 9.59 Å². The van der Waals surface area contributed by atoms with Crippen LogP contribution in [0.25, 0.3) is 0 Å². The van der Waals surface area contributed by atoms with Gasteiger partial charge in [-0.1, -0.05) is 38.1 Å². The number of benzene rings is 1. The Morgan fingerprint density at radius 1 is 1.32 bits per heavy atom. The number of amides is 2. The van der Waals surface area contributed by atoms with Gasteiger partial charge in [-0.2, -0.15) is 0 Å². The normalized spacial score (nSPS) is 23.8. The lowest BCUT2D eigenvalue weighted by atomic mass is 9.92. The molecule has 5 nitrogen and oxygen atoms in total. The molecule has 2 aliphatic rings. The molecule has 0 radical (unpaired) electrons. The minimum Gasteiger partial charge on any atom is -0.353 e. The second-order valence-electron chi connectivity index (χ2n) is 7.30. The van der Waals surface area contributed by atoms with Crippen LogP contribution < -0.4 is 10.6 Å². The van der Waals surface area contributed by atoms with Crippen molar-refractivity contribution in [1.82, 2.24) is 15.5 Å². The van der Waals surface area contributed by atoms with E-state index in [1.165, 1.54) is 5.56 Å². The second kappa shape index (κ2) is 8.00. The summed E-state index contributed by atoms with van der Waals surface area (Å²) >= 11 is 0. The summed E-state index contributed by atoms with van der Waals surface area (Å²) in [5.74, 6) is -0.00642. The molecule has 3 unspecified atom stereocenters. The summed E-state index contributed by atoms with van der Waals surface area (Å²) in [7, 11) is 0. The van der Waals surface area contributed by atoms with Crippen molar-refractivity contribution >= 4 is 11.8 Å². The summed E-state index contributed by atoms with van der Waals surface area (Å²) in [6.45, 7) is 6.15. The van der Waals surface area contributed by atoms with Crippen LogP contribution in [0.1, 0.15) is 44.2 Å². The first-order valence-corrected chi connectivity index (χ1v) is 9.48. The van der Waals surface area contributed by atoms with Gasteiger partial charge in [0.25, 0.3) is 0 Å². The molecule has 3 rings (SSSR count). The Bertz CT molecular complexity index is 625. The van der Waals surface area contributed by atoms with E-state index in [0.717, 1.165) is 31.4 Å². The average molecular weight is 343 g/mol. The predicted octanol–water partition coefficient (Wildman–Crippen LogP) is 1.85. The molecule has 136 valence electrons. The van der Waals surface area contributed by atoms with E-state index in [2.05, 4.69) is 22.8 Å². The highest BCUT2D eigenvalue weighted by Crippen LogP contribution is 2.25. The highest BCUT2D eigenvalue weighted by Gasteiger charge is 2.36.